The first-order valence-electron chi connectivity index (χ1n) is 11.2. The van der Waals surface area contributed by atoms with Gasteiger partial charge in [-0.2, -0.15) is 0 Å². The molecule has 1 saturated heterocycles. The Morgan fingerprint density at radius 1 is 1.13 bits per heavy atom. The molecule has 7 heteroatoms. The summed E-state index contributed by atoms with van der Waals surface area (Å²) in [6.07, 6.45) is 6.09. The molecule has 0 saturated carbocycles. The third-order valence-corrected chi connectivity index (χ3v) is 6.42. The van der Waals surface area contributed by atoms with Crippen LogP contribution in [0.1, 0.15) is 31.7 Å². The van der Waals surface area contributed by atoms with E-state index in [2.05, 4.69) is 17.6 Å². The number of allylic oxidation sites excluding steroid dienone is 1. The average molecular weight is 428 g/mol. The van der Waals surface area contributed by atoms with Gasteiger partial charge in [-0.25, -0.2) is 0 Å². The van der Waals surface area contributed by atoms with Gasteiger partial charge in [-0.15, -0.1) is 0 Å². The van der Waals surface area contributed by atoms with Crippen molar-refractivity contribution in [2.75, 3.05) is 20.2 Å². The van der Waals surface area contributed by atoms with Gasteiger partial charge in [-0.1, -0.05) is 55.8 Å². The number of amides is 3. The average Bonchev–Trinajstić information content (AvgIpc) is 3.08. The summed E-state index contributed by atoms with van der Waals surface area (Å²) >= 11 is 0. The zero-order valence-corrected chi connectivity index (χ0v) is 18.3. The maximum Gasteiger partial charge on any atom is 0.243 e. The predicted octanol–water partition coefficient (Wildman–Crippen LogP) is 1.48. The maximum absolute atomic E-state index is 13.5. The summed E-state index contributed by atoms with van der Waals surface area (Å²) in [4.78, 5) is 41.1. The topological polar surface area (TPSA) is 98.7 Å². The Balaban J connectivity index is 1.89. The molecule has 0 aromatic heterocycles. The Bertz CT molecular complexity index is 810. The van der Waals surface area contributed by atoms with Crippen molar-refractivity contribution in [1.82, 2.24) is 15.5 Å². The van der Waals surface area contributed by atoms with Crippen molar-refractivity contribution in [3.63, 3.8) is 0 Å². The van der Waals surface area contributed by atoms with Crippen LogP contribution in [0, 0.1) is 23.7 Å². The molecule has 1 aromatic carbocycles. The molecule has 2 aliphatic rings. The van der Waals surface area contributed by atoms with Crippen molar-refractivity contribution in [3.8, 4) is 0 Å². The van der Waals surface area contributed by atoms with Crippen molar-refractivity contribution < 1.29 is 19.5 Å². The number of aliphatic hydroxyl groups is 1. The number of hydrogen-bond acceptors (Lipinski definition) is 4. The van der Waals surface area contributed by atoms with Gasteiger partial charge >= 0.3 is 0 Å². The molecule has 0 spiro atoms. The van der Waals surface area contributed by atoms with E-state index < -0.39 is 17.9 Å². The Labute approximate surface area is 183 Å². The lowest BCUT2D eigenvalue weighted by atomic mass is 9.68. The highest BCUT2D eigenvalue weighted by Gasteiger charge is 2.56. The lowest BCUT2D eigenvalue weighted by Crippen LogP contribution is -2.47. The van der Waals surface area contributed by atoms with Crippen molar-refractivity contribution in [2.24, 2.45) is 23.7 Å². The fourth-order valence-electron chi connectivity index (χ4n) is 5.00. The highest BCUT2D eigenvalue weighted by atomic mass is 16.3. The third-order valence-electron chi connectivity index (χ3n) is 6.42. The highest BCUT2D eigenvalue weighted by Crippen LogP contribution is 2.45. The fraction of sp³-hybridized carbons (Fsp3) is 0.542. The third kappa shape index (κ3) is 4.82. The SMILES string of the molecule is CCC[C@@H]1C=C[C@H]2[C@H](C(=O)N(CCCO)[C@@H]2C(=O)NCc2ccccc2)[C@@H]1C(=O)NC. The van der Waals surface area contributed by atoms with E-state index in [1.807, 2.05) is 42.5 Å². The molecule has 1 aliphatic heterocycles. The van der Waals surface area contributed by atoms with Crippen LogP contribution in [0.5, 0.6) is 0 Å². The number of carbonyl (C=O) groups excluding carboxylic acids is 3. The van der Waals surface area contributed by atoms with Crippen LogP contribution in [0.2, 0.25) is 0 Å². The first kappa shape index (κ1) is 23.0. The quantitative estimate of drug-likeness (QED) is 0.520. The van der Waals surface area contributed by atoms with Crippen LogP contribution in [-0.4, -0.2) is 54.0 Å². The minimum Gasteiger partial charge on any atom is -0.396 e. The van der Waals surface area contributed by atoms with E-state index in [9.17, 15) is 19.5 Å². The molecule has 7 nitrogen and oxygen atoms in total. The first-order chi connectivity index (χ1) is 15.0. The normalized spacial score (nSPS) is 27.1. The lowest BCUT2D eigenvalue weighted by molar-refractivity contribution is -0.141. The van der Waals surface area contributed by atoms with Gasteiger partial charge in [0.1, 0.15) is 6.04 Å². The maximum atomic E-state index is 13.5. The fourth-order valence-corrected chi connectivity index (χ4v) is 5.00. The molecular formula is C24H33N3O4. The number of rotatable bonds is 9. The molecule has 31 heavy (non-hydrogen) atoms. The molecule has 3 rings (SSSR count). The summed E-state index contributed by atoms with van der Waals surface area (Å²) in [5, 5.41) is 15.0. The molecule has 1 aliphatic carbocycles. The summed E-state index contributed by atoms with van der Waals surface area (Å²) in [7, 11) is 1.59. The van der Waals surface area contributed by atoms with Gasteiger partial charge in [0.2, 0.25) is 17.7 Å². The van der Waals surface area contributed by atoms with Gasteiger partial charge < -0.3 is 20.6 Å². The second-order valence-corrected chi connectivity index (χ2v) is 8.34. The molecular weight excluding hydrogens is 394 g/mol. The van der Waals surface area contributed by atoms with Gasteiger partial charge in [-0.05, 0) is 24.3 Å². The zero-order chi connectivity index (χ0) is 22.4. The van der Waals surface area contributed by atoms with Gasteiger partial charge in [-0.3, -0.25) is 14.4 Å². The van der Waals surface area contributed by atoms with E-state index in [1.54, 1.807) is 11.9 Å². The Kier molecular flexibility index (Phi) is 7.85. The smallest absolute Gasteiger partial charge is 0.243 e. The minimum atomic E-state index is -0.682. The summed E-state index contributed by atoms with van der Waals surface area (Å²) in [5.74, 6) is -1.99. The summed E-state index contributed by atoms with van der Waals surface area (Å²) in [5.41, 5.74) is 0.976. The van der Waals surface area contributed by atoms with Crippen LogP contribution in [-0.2, 0) is 20.9 Å². The number of benzene rings is 1. The molecule has 3 N–H and O–H groups in total. The number of hydrogen-bond donors (Lipinski definition) is 3. The van der Waals surface area contributed by atoms with E-state index in [0.29, 0.717) is 19.5 Å². The summed E-state index contributed by atoms with van der Waals surface area (Å²) in [6.45, 7) is 2.66. The monoisotopic (exact) mass is 427 g/mol. The molecule has 3 amide bonds. The lowest BCUT2D eigenvalue weighted by Gasteiger charge is -2.34. The minimum absolute atomic E-state index is 0.0269. The molecule has 1 heterocycles. The first-order valence-corrected chi connectivity index (χ1v) is 11.2. The van der Waals surface area contributed by atoms with Crippen LogP contribution in [0.3, 0.4) is 0 Å². The van der Waals surface area contributed by atoms with E-state index in [1.165, 1.54) is 0 Å². The van der Waals surface area contributed by atoms with E-state index in [4.69, 9.17) is 0 Å². The molecule has 5 atom stereocenters. The van der Waals surface area contributed by atoms with Crippen molar-refractivity contribution in [1.29, 1.82) is 0 Å². The van der Waals surface area contributed by atoms with Gasteiger partial charge in [0.05, 0.1) is 11.8 Å². The molecule has 0 unspecified atom stereocenters. The molecule has 1 aromatic rings. The number of fused-ring (bicyclic) bond motifs is 1. The van der Waals surface area contributed by atoms with Crippen LogP contribution in [0.25, 0.3) is 0 Å². The zero-order valence-electron chi connectivity index (χ0n) is 18.3. The molecule has 1 fully saturated rings. The van der Waals surface area contributed by atoms with Gasteiger partial charge in [0.25, 0.3) is 0 Å². The van der Waals surface area contributed by atoms with Crippen LogP contribution in [0.15, 0.2) is 42.5 Å². The number of carbonyl (C=O) groups is 3. The van der Waals surface area contributed by atoms with Gasteiger partial charge in [0, 0.05) is 32.7 Å². The van der Waals surface area contributed by atoms with Crippen LogP contribution < -0.4 is 10.6 Å². The van der Waals surface area contributed by atoms with Crippen molar-refractivity contribution in [2.45, 2.75) is 38.8 Å². The van der Waals surface area contributed by atoms with E-state index in [0.717, 1.165) is 18.4 Å². The number of aliphatic hydroxyl groups excluding tert-OH is 1. The Morgan fingerprint density at radius 3 is 2.52 bits per heavy atom. The second-order valence-electron chi connectivity index (χ2n) is 8.34. The summed E-state index contributed by atoms with van der Waals surface area (Å²) < 4.78 is 0. The predicted molar refractivity (Wildman–Crippen MR) is 118 cm³/mol. The number of likely N-dealkylation sites (tertiary alicyclic amines) is 1. The number of nitrogens with zero attached hydrogens (tertiary/aromatic N) is 1. The van der Waals surface area contributed by atoms with Gasteiger partial charge in [0.15, 0.2) is 0 Å². The second kappa shape index (κ2) is 10.6. The van der Waals surface area contributed by atoms with Crippen LogP contribution in [0.4, 0.5) is 0 Å². The van der Waals surface area contributed by atoms with Crippen molar-refractivity contribution >= 4 is 17.7 Å². The molecule has 0 bridgehead atoms. The largest absolute Gasteiger partial charge is 0.396 e. The van der Waals surface area contributed by atoms with Crippen molar-refractivity contribution in [3.05, 3.63) is 48.0 Å². The standard InChI is InChI=1S/C24H33N3O4/c1-3-8-17-11-12-18-20(19(17)22(29)25-2)24(31)27(13-7-14-28)21(18)23(30)26-15-16-9-5-4-6-10-16/h4-6,9-12,17-21,28H,3,7-8,13-15H2,1-2H3,(H,25,29)(H,26,30)/t17-,18+,19-,20+,21+/m1/s1. The summed E-state index contributed by atoms with van der Waals surface area (Å²) in [6, 6.07) is 8.93. The van der Waals surface area contributed by atoms with E-state index >= 15 is 0 Å². The molecule has 0 radical (unpaired) electrons. The van der Waals surface area contributed by atoms with Crippen LogP contribution >= 0.6 is 0 Å². The number of nitrogens with one attached hydrogen (secondary N) is 2. The Morgan fingerprint density at radius 2 is 1.87 bits per heavy atom. The highest BCUT2D eigenvalue weighted by molar-refractivity contribution is 5.96. The van der Waals surface area contributed by atoms with E-state index in [-0.39, 0.29) is 36.2 Å². The molecule has 168 valence electrons. The Hall–Kier alpha value is -2.67.